The molecule has 0 aliphatic rings. The summed E-state index contributed by atoms with van der Waals surface area (Å²) >= 11 is 0. The van der Waals surface area contributed by atoms with E-state index in [0.29, 0.717) is 0 Å². The first-order chi connectivity index (χ1) is 7.34. The molecular formula is C11H13F2NO2. The van der Waals surface area contributed by atoms with E-state index >= 15 is 0 Å². The van der Waals surface area contributed by atoms with E-state index in [0.717, 1.165) is 0 Å². The minimum Gasteiger partial charge on any atom is -0.481 e. The van der Waals surface area contributed by atoms with Gasteiger partial charge in [0.15, 0.2) is 0 Å². The molecule has 0 saturated carbocycles. The molecule has 0 aliphatic carbocycles. The van der Waals surface area contributed by atoms with Gasteiger partial charge in [-0.25, -0.2) is 8.78 Å². The average molecular weight is 229 g/mol. The predicted octanol–water partition coefficient (Wildman–Crippen LogP) is 2.06. The van der Waals surface area contributed by atoms with Gasteiger partial charge < -0.3 is 10.8 Å². The van der Waals surface area contributed by atoms with Crippen molar-refractivity contribution in [3.63, 3.8) is 0 Å². The molecule has 0 radical (unpaired) electrons. The lowest BCUT2D eigenvalue weighted by Crippen LogP contribution is -2.19. The molecule has 1 atom stereocenters. The van der Waals surface area contributed by atoms with Gasteiger partial charge >= 0.3 is 5.97 Å². The fraction of sp³-hybridized carbons (Fsp3) is 0.364. The standard InChI is InChI=1S/C11H13F2NO2/c1-5-3-6(2)11(13)9(10(5)12)7(14)4-8(15)16/h3,7H,4,14H2,1-2H3,(H,15,16). The molecule has 0 aromatic heterocycles. The molecule has 0 bridgehead atoms. The van der Waals surface area contributed by atoms with Gasteiger partial charge in [0.2, 0.25) is 0 Å². The third kappa shape index (κ3) is 2.36. The van der Waals surface area contributed by atoms with E-state index in [4.69, 9.17) is 10.8 Å². The number of aryl methyl sites for hydroxylation is 2. The maximum Gasteiger partial charge on any atom is 0.305 e. The van der Waals surface area contributed by atoms with Gasteiger partial charge in [-0.15, -0.1) is 0 Å². The zero-order valence-electron chi connectivity index (χ0n) is 9.05. The molecule has 1 aromatic rings. The molecule has 0 saturated heterocycles. The quantitative estimate of drug-likeness (QED) is 0.833. The van der Waals surface area contributed by atoms with Gasteiger partial charge in [-0.05, 0) is 25.0 Å². The number of carboxylic acids is 1. The van der Waals surface area contributed by atoms with Crippen LogP contribution in [0.4, 0.5) is 8.78 Å². The van der Waals surface area contributed by atoms with Crippen molar-refractivity contribution in [3.8, 4) is 0 Å². The highest BCUT2D eigenvalue weighted by Crippen LogP contribution is 2.26. The summed E-state index contributed by atoms with van der Waals surface area (Å²) in [5, 5.41) is 8.54. The minimum absolute atomic E-state index is 0.259. The Hall–Kier alpha value is -1.49. The molecule has 0 spiro atoms. The SMILES string of the molecule is Cc1cc(C)c(F)c(C(N)CC(=O)O)c1F. The summed E-state index contributed by atoms with van der Waals surface area (Å²) in [6, 6.07) is 0.192. The Morgan fingerprint density at radius 2 is 1.81 bits per heavy atom. The molecule has 0 fully saturated rings. The van der Waals surface area contributed by atoms with E-state index in [2.05, 4.69) is 0 Å². The van der Waals surface area contributed by atoms with Crippen LogP contribution < -0.4 is 5.73 Å². The van der Waals surface area contributed by atoms with E-state index in [1.807, 2.05) is 0 Å². The molecule has 16 heavy (non-hydrogen) atoms. The topological polar surface area (TPSA) is 63.3 Å². The molecule has 5 heteroatoms. The maximum absolute atomic E-state index is 13.6. The van der Waals surface area contributed by atoms with Crippen LogP contribution in [0.5, 0.6) is 0 Å². The van der Waals surface area contributed by atoms with Gasteiger partial charge in [-0.3, -0.25) is 4.79 Å². The summed E-state index contributed by atoms with van der Waals surface area (Å²) in [4.78, 5) is 10.5. The fourth-order valence-corrected chi connectivity index (χ4v) is 1.59. The Bertz CT molecular complexity index is 406. The van der Waals surface area contributed by atoms with Gasteiger partial charge in [-0.1, -0.05) is 6.07 Å². The Kier molecular flexibility index (Phi) is 3.59. The molecule has 3 N–H and O–H groups in total. The van der Waals surface area contributed by atoms with Crippen molar-refractivity contribution in [2.75, 3.05) is 0 Å². The number of carbonyl (C=O) groups is 1. The van der Waals surface area contributed by atoms with Gasteiger partial charge in [-0.2, -0.15) is 0 Å². The minimum atomic E-state index is -1.19. The van der Waals surface area contributed by atoms with Crippen LogP contribution in [-0.2, 0) is 4.79 Å². The molecule has 1 rings (SSSR count). The molecule has 0 amide bonds. The number of aliphatic carboxylic acids is 1. The second-order valence-electron chi connectivity index (χ2n) is 3.76. The first-order valence-electron chi connectivity index (χ1n) is 4.77. The predicted molar refractivity (Wildman–Crippen MR) is 55.0 cm³/mol. The molecule has 0 aliphatic heterocycles. The Morgan fingerprint density at radius 1 is 1.38 bits per heavy atom. The van der Waals surface area contributed by atoms with Crippen LogP contribution in [0.15, 0.2) is 6.07 Å². The number of benzene rings is 1. The van der Waals surface area contributed by atoms with E-state index in [1.165, 1.54) is 19.9 Å². The molecule has 3 nitrogen and oxygen atoms in total. The van der Waals surface area contributed by atoms with Crippen molar-refractivity contribution < 1.29 is 18.7 Å². The van der Waals surface area contributed by atoms with Crippen LogP contribution >= 0.6 is 0 Å². The van der Waals surface area contributed by atoms with Crippen LogP contribution in [0.1, 0.15) is 29.2 Å². The van der Waals surface area contributed by atoms with Crippen molar-refractivity contribution in [1.29, 1.82) is 0 Å². The maximum atomic E-state index is 13.6. The van der Waals surface area contributed by atoms with Crippen LogP contribution in [-0.4, -0.2) is 11.1 Å². The van der Waals surface area contributed by atoms with E-state index in [1.54, 1.807) is 0 Å². The highest BCUT2D eigenvalue weighted by Gasteiger charge is 2.22. The van der Waals surface area contributed by atoms with Crippen molar-refractivity contribution in [2.24, 2.45) is 5.73 Å². The van der Waals surface area contributed by atoms with Crippen molar-refractivity contribution >= 4 is 5.97 Å². The number of nitrogens with two attached hydrogens (primary N) is 1. The van der Waals surface area contributed by atoms with Crippen LogP contribution in [0.25, 0.3) is 0 Å². The third-order valence-electron chi connectivity index (χ3n) is 2.36. The lowest BCUT2D eigenvalue weighted by molar-refractivity contribution is -0.137. The Balaban J connectivity index is 3.26. The van der Waals surface area contributed by atoms with Gasteiger partial charge in [0.1, 0.15) is 11.6 Å². The number of halogens is 2. The number of rotatable bonds is 3. The highest BCUT2D eigenvalue weighted by molar-refractivity contribution is 5.68. The third-order valence-corrected chi connectivity index (χ3v) is 2.36. The van der Waals surface area contributed by atoms with Crippen LogP contribution in [0.3, 0.4) is 0 Å². The molecule has 1 aromatic carbocycles. The molecule has 1 unspecified atom stereocenters. The highest BCUT2D eigenvalue weighted by atomic mass is 19.1. The van der Waals surface area contributed by atoms with E-state index in [9.17, 15) is 13.6 Å². The molecule has 0 heterocycles. The molecular weight excluding hydrogens is 216 g/mol. The zero-order chi connectivity index (χ0) is 12.5. The second kappa shape index (κ2) is 4.57. The van der Waals surface area contributed by atoms with E-state index in [-0.39, 0.29) is 16.7 Å². The summed E-state index contributed by atoms with van der Waals surface area (Å²) in [6.45, 7) is 2.97. The smallest absolute Gasteiger partial charge is 0.305 e. The summed E-state index contributed by atoms with van der Waals surface area (Å²) in [6.07, 6.45) is -0.503. The Morgan fingerprint density at radius 3 is 2.19 bits per heavy atom. The van der Waals surface area contributed by atoms with Crippen LogP contribution in [0.2, 0.25) is 0 Å². The Labute approximate surface area is 91.9 Å². The largest absolute Gasteiger partial charge is 0.481 e. The molecule has 88 valence electrons. The first kappa shape index (κ1) is 12.6. The summed E-state index contributed by atoms with van der Waals surface area (Å²) in [5.41, 5.74) is 5.65. The van der Waals surface area contributed by atoms with Crippen molar-refractivity contribution in [3.05, 3.63) is 34.4 Å². The average Bonchev–Trinajstić information content (AvgIpc) is 2.14. The van der Waals surface area contributed by atoms with Crippen LogP contribution in [0, 0.1) is 25.5 Å². The van der Waals surface area contributed by atoms with Gasteiger partial charge in [0.25, 0.3) is 0 Å². The van der Waals surface area contributed by atoms with Gasteiger partial charge in [0.05, 0.1) is 6.42 Å². The summed E-state index contributed by atoms with van der Waals surface area (Å²) in [7, 11) is 0. The van der Waals surface area contributed by atoms with Crippen molar-refractivity contribution in [1.82, 2.24) is 0 Å². The second-order valence-corrected chi connectivity index (χ2v) is 3.76. The van der Waals surface area contributed by atoms with Gasteiger partial charge in [0, 0.05) is 11.6 Å². The lowest BCUT2D eigenvalue weighted by atomic mass is 9.98. The fourth-order valence-electron chi connectivity index (χ4n) is 1.59. The monoisotopic (exact) mass is 229 g/mol. The van der Waals surface area contributed by atoms with Crippen molar-refractivity contribution in [2.45, 2.75) is 26.3 Å². The number of carboxylic acid groups (broad SMARTS) is 1. The number of hydrogen-bond acceptors (Lipinski definition) is 2. The zero-order valence-corrected chi connectivity index (χ0v) is 9.05. The summed E-state index contributed by atoms with van der Waals surface area (Å²) < 4.78 is 27.3. The lowest BCUT2D eigenvalue weighted by Gasteiger charge is -2.15. The first-order valence-corrected chi connectivity index (χ1v) is 4.77. The van der Waals surface area contributed by atoms with E-state index < -0.39 is 30.1 Å². The normalized spacial score (nSPS) is 12.6. The number of hydrogen-bond donors (Lipinski definition) is 2. The summed E-state index contributed by atoms with van der Waals surface area (Å²) in [5.74, 6) is -2.72.